The van der Waals surface area contributed by atoms with Crippen LogP contribution < -0.4 is 0 Å². The summed E-state index contributed by atoms with van der Waals surface area (Å²) in [6.45, 7) is 5.61. The molecule has 0 radical (unpaired) electrons. The van der Waals surface area contributed by atoms with Crippen LogP contribution in [0, 0.1) is 0 Å². The van der Waals surface area contributed by atoms with Crippen LogP contribution >= 0.6 is 31.1 Å². The van der Waals surface area contributed by atoms with Gasteiger partial charge < -0.3 is 13.8 Å². The number of esters is 1. The number of benzene rings is 2. The maximum absolute atomic E-state index is 14.0. The van der Waals surface area contributed by atoms with Crippen molar-refractivity contribution in [2.75, 3.05) is 19.8 Å². The van der Waals surface area contributed by atoms with Gasteiger partial charge in [0, 0.05) is 9.79 Å². The van der Waals surface area contributed by atoms with Gasteiger partial charge in [0.15, 0.2) is 0 Å². The van der Waals surface area contributed by atoms with E-state index in [0.29, 0.717) is 0 Å². The molecule has 0 aromatic heterocycles. The quantitative estimate of drug-likeness (QED) is 0.182. The Morgan fingerprint density at radius 2 is 1.25 bits per heavy atom. The zero-order valence-electron chi connectivity index (χ0n) is 16.2. The van der Waals surface area contributed by atoms with E-state index >= 15 is 0 Å². The van der Waals surface area contributed by atoms with Crippen LogP contribution in [0.15, 0.2) is 70.5 Å². The summed E-state index contributed by atoms with van der Waals surface area (Å²) >= 11 is 2.28. The van der Waals surface area contributed by atoms with Gasteiger partial charge in [-0.3, -0.25) is 4.57 Å². The molecule has 5 nitrogen and oxygen atoms in total. The lowest BCUT2D eigenvalue weighted by Crippen LogP contribution is -2.35. The number of rotatable bonds is 11. The van der Waals surface area contributed by atoms with Crippen LogP contribution in [-0.2, 0) is 23.1 Å². The van der Waals surface area contributed by atoms with E-state index < -0.39 is 17.4 Å². The highest BCUT2D eigenvalue weighted by Crippen LogP contribution is 2.72. The van der Waals surface area contributed by atoms with Gasteiger partial charge in [0.05, 0.1) is 19.8 Å². The average Bonchev–Trinajstić information content (AvgIpc) is 2.69. The number of carbonyl (C=O) groups excluding carboxylic acids is 1. The van der Waals surface area contributed by atoms with Gasteiger partial charge >= 0.3 is 13.6 Å². The van der Waals surface area contributed by atoms with Crippen molar-refractivity contribution in [2.24, 2.45) is 0 Å². The van der Waals surface area contributed by atoms with Crippen LogP contribution in [0.3, 0.4) is 0 Å². The minimum Gasteiger partial charge on any atom is -0.464 e. The monoisotopic (exact) mass is 440 g/mol. The largest absolute Gasteiger partial charge is 0.464 e. The Bertz CT molecular complexity index is 734. The van der Waals surface area contributed by atoms with Crippen molar-refractivity contribution in [1.29, 1.82) is 0 Å². The van der Waals surface area contributed by atoms with E-state index in [1.54, 1.807) is 20.8 Å². The number of hydrogen-bond acceptors (Lipinski definition) is 7. The summed E-state index contributed by atoms with van der Waals surface area (Å²) in [6, 6.07) is 18.6. The summed E-state index contributed by atoms with van der Waals surface area (Å²) in [5.74, 6) is -0.636. The molecule has 0 aliphatic carbocycles. The molecular weight excluding hydrogens is 415 g/mol. The van der Waals surface area contributed by atoms with Crippen molar-refractivity contribution < 1.29 is 23.1 Å². The smallest absolute Gasteiger partial charge is 0.368 e. The lowest BCUT2D eigenvalue weighted by Gasteiger charge is -2.35. The molecule has 0 spiro atoms. The third-order valence-electron chi connectivity index (χ3n) is 3.49. The third kappa shape index (κ3) is 5.43. The van der Waals surface area contributed by atoms with Gasteiger partial charge in [0.25, 0.3) is 3.82 Å². The molecule has 2 rings (SSSR count). The summed E-state index contributed by atoms with van der Waals surface area (Å²) in [5.41, 5.74) is 0. The molecule has 0 bridgehead atoms. The Hall–Kier alpha value is -1.24. The van der Waals surface area contributed by atoms with E-state index in [1.165, 1.54) is 0 Å². The second kappa shape index (κ2) is 11.1. The fraction of sp³-hybridized carbons (Fsp3) is 0.350. The number of thioether (sulfide) groups is 2. The summed E-state index contributed by atoms with van der Waals surface area (Å²) in [5, 5.41) is 0. The maximum Gasteiger partial charge on any atom is 0.368 e. The highest BCUT2D eigenvalue weighted by atomic mass is 32.2. The summed E-state index contributed by atoms with van der Waals surface area (Å²) in [6.07, 6.45) is 0. The van der Waals surface area contributed by atoms with Crippen LogP contribution in [-0.4, -0.2) is 29.6 Å². The lowest BCUT2D eigenvalue weighted by atomic mass is 10.4. The van der Waals surface area contributed by atoms with Gasteiger partial charge in [-0.05, 0) is 45.0 Å². The molecule has 28 heavy (non-hydrogen) atoms. The predicted octanol–water partition coefficient (Wildman–Crippen LogP) is 6.05. The van der Waals surface area contributed by atoms with Crippen LogP contribution in [0.1, 0.15) is 20.8 Å². The molecule has 0 saturated carbocycles. The molecule has 0 atom stereocenters. The van der Waals surface area contributed by atoms with E-state index in [9.17, 15) is 9.36 Å². The molecule has 0 unspecified atom stereocenters. The number of ether oxygens (including phenoxy) is 1. The second-order valence-electron chi connectivity index (χ2n) is 5.47. The molecule has 0 saturated heterocycles. The van der Waals surface area contributed by atoms with Crippen molar-refractivity contribution in [2.45, 2.75) is 34.4 Å². The number of carbonyl (C=O) groups is 1. The zero-order valence-corrected chi connectivity index (χ0v) is 18.7. The fourth-order valence-electron chi connectivity index (χ4n) is 2.39. The van der Waals surface area contributed by atoms with Crippen LogP contribution in [0.25, 0.3) is 0 Å². The minimum absolute atomic E-state index is 0.142. The van der Waals surface area contributed by atoms with Gasteiger partial charge in [-0.25, -0.2) is 4.79 Å². The van der Waals surface area contributed by atoms with Crippen molar-refractivity contribution in [3.05, 3.63) is 60.7 Å². The Kier molecular flexibility index (Phi) is 9.12. The highest BCUT2D eigenvalue weighted by molar-refractivity contribution is 8.26. The van der Waals surface area contributed by atoms with Gasteiger partial charge in [0.1, 0.15) is 0 Å². The summed E-state index contributed by atoms with van der Waals surface area (Å²) in [7, 11) is -3.93. The maximum atomic E-state index is 14.0. The van der Waals surface area contributed by atoms with Crippen LogP contribution in [0.5, 0.6) is 0 Å². The van der Waals surface area contributed by atoms with E-state index in [0.717, 1.165) is 33.3 Å². The normalized spacial score (nSPS) is 12.0. The average molecular weight is 441 g/mol. The molecule has 0 heterocycles. The second-order valence-corrected chi connectivity index (χ2v) is 11.1. The topological polar surface area (TPSA) is 61.8 Å². The Morgan fingerprint density at radius 3 is 1.61 bits per heavy atom. The molecule has 0 N–H and O–H groups in total. The molecule has 152 valence electrons. The SMILES string of the molecule is CCOC(=O)C(Sc1ccccc1)(Sc1ccccc1)P(=O)(OCC)OCC. The molecule has 2 aromatic rings. The first-order valence-electron chi connectivity index (χ1n) is 9.05. The highest BCUT2D eigenvalue weighted by Gasteiger charge is 2.60. The van der Waals surface area contributed by atoms with E-state index in [2.05, 4.69) is 0 Å². The van der Waals surface area contributed by atoms with E-state index in [4.69, 9.17) is 13.8 Å². The summed E-state index contributed by atoms with van der Waals surface area (Å²) < 4.78 is 29.0. The van der Waals surface area contributed by atoms with Crippen molar-refractivity contribution in [1.82, 2.24) is 0 Å². The van der Waals surface area contributed by atoms with Crippen molar-refractivity contribution in [3.8, 4) is 0 Å². The Balaban J connectivity index is 2.65. The molecule has 0 aliphatic heterocycles. The third-order valence-corrected chi connectivity index (χ3v) is 9.88. The molecule has 8 heteroatoms. The first-order chi connectivity index (χ1) is 13.5. The molecule has 0 amide bonds. The van der Waals surface area contributed by atoms with E-state index in [1.807, 2.05) is 60.7 Å². The van der Waals surface area contributed by atoms with Crippen molar-refractivity contribution in [3.63, 3.8) is 0 Å². The van der Waals surface area contributed by atoms with Gasteiger partial charge in [-0.15, -0.1) is 0 Å². The van der Waals surface area contributed by atoms with E-state index in [-0.39, 0.29) is 19.8 Å². The van der Waals surface area contributed by atoms with Gasteiger partial charge in [-0.1, -0.05) is 59.9 Å². The zero-order chi connectivity index (χ0) is 20.5. The minimum atomic E-state index is -3.93. The Morgan fingerprint density at radius 1 is 0.821 bits per heavy atom. The van der Waals surface area contributed by atoms with Gasteiger partial charge in [-0.2, -0.15) is 0 Å². The first-order valence-corrected chi connectivity index (χ1v) is 12.2. The van der Waals surface area contributed by atoms with Crippen molar-refractivity contribution >= 4 is 37.1 Å². The van der Waals surface area contributed by atoms with Crippen LogP contribution in [0.4, 0.5) is 0 Å². The first kappa shape index (κ1) is 23.0. The fourth-order valence-corrected chi connectivity index (χ4v) is 8.19. The lowest BCUT2D eigenvalue weighted by molar-refractivity contribution is -0.142. The molecule has 0 fully saturated rings. The molecular formula is C20H25O5PS2. The van der Waals surface area contributed by atoms with Gasteiger partial charge in [0.2, 0.25) is 0 Å². The summed E-state index contributed by atoms with van der Waals surface area (Å²) in [4.78, 5) is 14.8. The molecule has 2 aromatic carbocycles. The standard InChI is InChI=1S/C20H25O5PS2/c1-4-23-19(21)20(26(22,24-5-2)25-6-3,27-17-13-9-7-10-14-17)28-18-15-11-8-12-16-18/h7-16H,4-6H2,1-3H3. The number of hydrogen-bond donors (Lipinski definition) is 0. The van der Waals surface area contributed by atoms with Crippen LogP contribution in [0.2, 0.25) is 0 Å². The predicted molar refractivity (Wildman–Crippen MR) is 115 cm³/mol. The molecule has 0 aliphatic rings. The Labute approximate surface area is 175 Å².